The Labute approximate surface area is 273 Å². The van der Waals surface area contributed by atoms with Gasteiger partial charge in [0.2, 0.25) is 0 Å². The molecular formula is C39H35N7O. The number of aromatic amines is 1. The van der Waals surface area contributed by atoms with E-state index in [1.807, 2.05) is 35.0 Å². The number of hydrogen-bond donors (Lipinski definition) is 1. The number of nitrogens with zero attached hydrogens (tertiary/aromatic N) is 6. The predicted octanol–water partition coefficient (Wildman–Crippen LogP) is 7.12. The fourth-order valence-electron chi connectivity index (χ4n) is 6.43. The highest BCUT2D eigenvalue weighted by Gasteiger charge is 2.42. The maximum Gasteiger partial charge on any atom is 0.343 e. The molecule has 0 bridgehead atoms. The molecule has 2 heterocycles. The second-order valence-corrected chi connectivity index (χ2v) is 11.6. The average Bonchev–Trinajstić information content (AvgIpc) is 3.76. The van der Waals surface area contributed by atoms with E-state index in [2.05, 4.69) is 137 Å². The lowest BCUT2D eigenvalue weighted by Crippen LogP contribution is -2.39. The lowest BCUT2D eigenvalue weighted by molar-refractivity contribution is 0.451. The van der Waals surface area contributed by atoms with Crippen LogP contribution in [0, 0.1) is 0 Å². The standard InChI is InChI=1S/C39H35N7O/c1-2-3-23-36-40-42-38(47)45(36)28-29-24-26-30(27-25-29)34-21-13-14-22-35(34)37-41-43-44-46(37)39(31-15-7-4-8-16-31,32-17-9-5-10-18-32)33-19-11-6-12-20-33/h4-22,24-27H,2-3,23,28H2,1H3,(H,42,47). The third-order valence-electron chi connectivity index (χ3n) is 8.73. The van der Waals surface area contributed by atoms with E-state index in [0.29, 0.717) is 12.4 Å². The van der Waals surface area contributed by atoms with Crippen molar-refractivity contribution in [2.24, 2.45) is 0 Å². The van der Waals surface area contributed by atoms with Crippen LogP contribution in [-0.4, -0.2) is 35.0 Å². The second-order valence-electron chi connectivity index (χ2n) is 11.6. The van der Waals surface area contributed by atoms with Gasteiger partial charge in [0, 0.05) is 12.0 Å². The van der Waals surface area contributed by atoms with Crippen LogP contribution in [0.25, 0.3) is 22.5 Å². The first-order chi connectivity index (χ1) is 23.2. The first-order valence-electron chi connectivity index (χ1n) is 16.0. The maximum atomic E-state index is 12.5. The minimum absolute atomic E-state index is 0.184. The third-order valence-corrected chi connectivity index (χ3v) is 8.73. The molecule has 0 saturated carbocycles. The van der Waals surface area contributed by atoms with Crippen LogP contribution in [0.5, 0.6) is 0 Å². The summed E-state index contributed by atoms with van der Waals surface area (Å²) in [4.78, 5) is 12.5. The number of aromatic nitrogens is 7. The summed E-state index contributed by atoms with van der Waals surface area (Å²) in [5.74, 6) is 1.43. The second kappa shape index (κ2) is 13.2. The van der Waals surface area contributed by atoms with E-state index in [-0.39, 0.29) is 5.69 Å². The normalized spacial score (nSPS) is 11.5. The highest BCUT2D eigenvalue weighted by atomic mass is 16.1. The Kier molecular flexibility index (Phi) is 8.39. The molecule has 8 heteroatoms. The third kappa shape index (κ3) is 5.59. The summed E-state index contributed by atoms with van der Waals surface area (Å²) in [6.07, 6.45) is 2.80. The smallest absolute Gasteiger partial charge is 0.275 e. The van der Waals surface area contributed by atoms with Gasteiger partial charge in [-0.15, -0.1) is 5.10 Å². The molecule has 232 valence electrons. The first-order valence-corrected chi connectivity index (χ1v) is 16.0. The van der Waals surface area contributed by atoms with Gasteiger partial charge in [0.05, 0.1) is 6.54 Å². The highest BCUT2D eigenvalue weighted by Crippen LogP contribution is 2.43. The summed E-state index contributed by atoms with van der Waals surface area (Å²) in [7, 11) is 0. The molecular weight excluding hydrogens is 582 g/mol. The number of nitrogens with one attached hydrogen (secondary N) is 1. The van der Waals surface area contributed by atoms with Crippen molar-refractivity contribution >= 4 is 0 Å². The SMILES string of the molecule is CCCCc1n[nH]c(=O)n1Cc1ccc(-c2ccccc2-c2nnnn2C(c2ccccc2)(c2ccccc2)c2ccccc2)cc1. The summed E-state index contributed by atoms with van der Waals surface area (Å²) in [6.45, 7) is 2.59. The summed E-state index contributed by atoms with van der Waals surface area (Å²) >= 11 is 0. The number of H-pyrrole nitrogens is 1. The fraction of sp³-hybridized carbons (Fsp3) is 0.154. The van der Waals surface area contributed by atoms with E-state index in [1.54, 1.807) is 4.57 Å². The van der Waals surface area contributed by atoms with Crippen LogP contribution in [0.3, 0.4) is 0 Å². The molecule has 0 aliphatic rings. The molecule has 0 radical (unpaired) electrons. The number of tetrazole rings is 1. The molecule has 7 rings (SSSR count). The van der Waals surface area contributed by atoms with Gasteiger partial charge in [0.1, 0.15) is 11.4 Å². The van der Waals surface area contributed by atoms with Crippen LogP contribution in [0.2, 0.25) is 0 Å². The first kappa shape index (κ1) is 29.8. The zero-order valence-electron chi connectivity index (χ0n) is 26.2. The van der Waals surface area contributed by atoms with Gasteiger partial charge in [-0.05, 0) is 50.2 Å². The minimum Gasteiger partial charge on any atom is -0.275 e. The molecule has 0 spiro atoms. The Hall–Kier alpha value is -5.89. The van der Waals surface area contributed by atoms with Gasteiger partial charge in [-0.1, -0.05) is 153 Å². The summed E-state index contributed by atoms with van der Waals surface area (Å²) in [6, 6.07) is 47.8. The van der Waals surface area contributed by atoms with Crippen LogP contribution in [0.1, 0.15) is 47.8 Å². The fourth-order valence-corrected chi connectivity index (χ4v) is 6.43. The van der Waals surface area contributed by atoms with Crippen molar-refractivity contribution in [2.75, 3.05) is 0 Å². The molecule has 0 amide bonds. The van der Waals surface area contributed by atoms with Gasteiger partial charge >= 0.3 is 5.69 Å². The molecule has 0 fully saturated rings. The number of hydrogen-bond acceptors (Lipinski definition) is 5. The Morgan fingerprint density at radius 1 is 0.681 bits per heavy atom. The molecule has 0 aliphatic carbocycles. The van der Waals surface area contributed by atoms with Gasteiger partial charge < -0.3 is 0 Å². The number of unbranched alkanes of at least 4 members (excludes halogenated alkanes) is 1. The average molecular weight is 618 g/mol. The van der Waals surface area contributed by atoms with Gasteiger partial charge in [-0.25, -0.2) is 14.6 Å². The van der Waals surface area contributed by atoms with E-state index < -0.39 is 5.54 Å². The zero-order chi connectivity index (χ0) is 32.1. The molecule has 2 aromatic heterocycles. The quantitative estimate of drug-likeness (QED) is 0.156. The molecule has 1 N–H and O–H groups in total. The van der Waals surface area contributed by atoms with Crippen LogP contribution >= 0.6 is 0 Å². The molecule has 5 aromatic carbocycles. The lowest BCUT2D eigenvalue weighted by Gasteiger charge is -2.36. The number of rotatable bonds is 11. The van der Waals surface area contributed by atoms with Gasteiger partial charge in [0.25, 0.3) is 0 Å². The number of aryl methyl sites for hydroxylation is 1. The largest absolute Gasteiger partial charge is 0.343 e. The van der Waals surface area contributed by atoms with Gasteiger partial charge in [0.15, 0.2) is 5.82 Å². The predicted molar refractivity (Wildman–Crippen MR) is 184 cm³/mol. The molecule has 8 nitrogen and oxygen atoms in total. The topological polar surface area (TPSA) is 94.3 Å². The maximum absolute atomic E-state index is 12.5. The van der Waals surface area contributed by atoms with Crippen LogP contribution in [0.15, 0.2) is 144 Å². The van der Waals surface area contributed by atoms with E-state index in [4.69, 9.17) is 5.21 Å². The van der Waals surface area contributed by atoms with Crippen molar-refractivity contribution in [1.82, 2.24) is 35.0 Å². The van der Waals surface area contributed by atoms with Gasteiger partial charge in [-0.2, -0.15) is 5.10 Å². The summed E-state index contributed by atoms with van der Waals surface area (Å²) in [5, 5.41) is 20.6. The van der Waals surface area contributed by atoms with E-state index in [1.165, 1.54) is 0 Å². The number of benzene rings is 5. The molecule has 0 unspecified atom stereocenters. The Morgan fingerprint density at radius 3 is 1.81 bits per heavy atom. The van der Waals surface area contributed by atoms with E-state index in [0.717, 1.165) is 64.0 Å². The monoisotopic (exact) mass is 617 g/mol. The lowest BCUT2D eigenvalue weighted by atomic mass is 9.77. The molecule has 47 heavy (non-hydrogen) atoms. The van der Waals surface area contributed by atoms with E-state index in [9.17, 15) is 4.79 Å². The molecule has 0 saturated heterocycles. The van der Waals surface area contributed by atoms with Crippen molar-refractivity contribution in [3.8, 4) is 22.5 Å². The van der Waals surface area contributed by atoms with Gasteiger partial charge in [-0.3, -0.25) is 4.57 Å². The van der Waals surface area contributed by atoms with E-state index >= 15 is 0 Å². The highest BCUT2D eigenvalue weighted by molar-refractivity contribution is 5.81. The molecule has 0 atom stereocenters. The van der Waals surface area contributed by atoms with Crippen molar-refractivity contribution in [3.05, 3.63) is 178 Å². The minimum atomic E-state index is -0.854. The van der Waals surface area contributed by atoms with Crippen molar-refractivity contribution < 1.29 is 0 Å². The summed E-state index contributed by atoms with van der Waals surface area (Å²) in [5.41, 5.74) is 6.04. The van der Waals surface area contributed by atoms with Crippen LogP contribution < -0.4 is 5.69 Å². The Balaban J connectivity index is 1.34. The van der Waals surface area contributed by atoms with Crippen molar-refractivity contribution in [3.63, 3.8) is 0 Å². The van der Waals surface area contributed by atoms with Crippen molar-refractivity contribution in [1.29, 1.82) is 0 Å². The Bertz CT molecular complexity index is 2020. The molecule has 7 aromatic rings. The molecule has 0 aliphatic heterocycles. The summed E-state index contributed by atoms with van der Waals surface area (Å²) < 4.78 is 3.69. The Morgan fingerprint density at radius 2 is 1.23 bits per heavy atom. The zero-order valence-corrected chi connectivity index (χ0v) is 26.2. The van der Waals surface area contributed by atoms with Crippen LogP contribution in [0.4, 0.5) is 0 Å². The van der Waals surface area contributed by atoms with Crippen LogP contribution in [-0.2, 0) is 18.5 Å². The van der Waals surface area contributed by atoms with Crippen molar-refractivity contribution in [2.45, 2.75) is 38.3 Å².